The van der Waals surface area contributed by atoms with Crippen LogP contribution in [0.25, 0.3) is 0 Å². The Morgan fingerprint density at radius 3 is 2.07 bits per heavy atom. The van der Waals surface area contributed by atoms with E-state index in [-0.39, 0.29) is 22.0 Å². The Kier molecular flexibility index (Phi) is 7.25. The Morgan fingerprint density at radius 2 is 1.49 bits per heavy atom. The van der Waals surface area contributed by atoms with Crippen LogP contribution in [0.15, 0.2) is 107 Å². The molecule has 0 saturated carbocycles. The number of aliphatic carboxylic acids is 1. The third-order valence-electron chi connectivity index (χ3n) is 8.32. The molecule has 0 amide bonds. The number of fused-ring (bicyclic) bond motifs is 3. The van der Waals surface area contributed by atoms with Crippen molar-refractivity contribution in [3.05, 3.63) is 125 Å². The molecule has 11 heteroatoms. The molecule has 2 aliphatic rings. The minimum absolute atomic E-state index is 0.0205. The number of hydrogen-bond acceptors (Lipinski definition) is 9. The van der Waals surface area contributed by atoms with E-state index in [9.17, 15) is 23.4 Å². The van der Waals surface area contributed by atoms with Gasteiger partial charge in [0.05, 0.1) is 38.4 Å². The zero-order valence-corrected chi connectivity index (χ0v) is 25.6. The van der Waals surface area contributed by atoms with Gasteiger partial charge in [0.25, 0.3) is 0 Å². The highest BCUT2D eigenvalue weighted by Gasteiger charge is 2.76. The van der Waals surface area contributed by atoms with Crippen LogP contribution < -0.4 is 18.9 Å². The summed E-state index contributed by atoms with van der Waals surface area (Å²) in [6, 6.07) is 24.0. The maximum atomic E-state index is 13.9. The zero-order chi connectivity index (χ0) is 32.1. The fraction of sp³-hybridized carbons (Fsp3) is 0.206. The van der Waals surface area contributed by atoms with Gasteiger partial charge in [-0.05, 0) is 36.8 Å². The molecule has 10 nitrogen and oxygen atoms in total. The van der Waals surface area contributed by atoms with Crippen molar-refractivity contribution >= 4 is 16.1 Å². The first-order valence-corrected chi connectivity index (χ1v) is 15.3. The summed E-state index contributed by atoms with van der Waals surface area (Å²) in [4.78, 5) is 13.1. The number of rotatable bonds is 9. The van der Waals surface area contributed by atoms with Crippen molar-refractivity contribution in [2.75, 3.05) is 21.3 Å². The first-order valence-electron chi connectivity index (χ1n) is 13.9. The average Bonchev–Trinajstić information content (AvgIpc) is 3.43. The lowest BCUT2D eigenvalue weighted by Gasteiger charge is -2.41. The number of aliphatic hydroxyl groups is 1. The molecular formula is C34H30O10S. The maximum absolute atomic E-state index is 13.9. The number of hydrogen-bond donors (Lipinski definition) is 2. The fourth-order valence-corrected chi connectivity index (χ4v) is 7.30. The number of methoxy groups -OCH3 is 3. The Balaban J connectivity index is 1.74. The molecule has 6 rings (SSSR count). The molecule has 45 heavy (non-hydrogen) atoms. The first-order chi connectivity index (χ1) is 21.5. The summed E-state index contributed by atoms with van der Waals surface area (Å²) >= 11 is 0. The van der Waals surface area contributed by atoms with Crippen LogP contribution in [-0.2, 0) is 30.3 Å². The lowest BCUT2D eigenvalue weighted by molar-refractivity contribution is -0.133. The topological polar surface area (TPSA) is 138 Å². The molecule has 1 heterocycles. The molecule has 4 aromatic carbocycles. The Hall–Kier alpha value is -5.00. The van der Waals surface area contributed by atoms with Gasteiger partial charge in [0.1, 0.15) is 27.9 Å². The minimum Gasteiger partial charge on any atom is -0.497 e. The van der Waals surface area contributed by atoms with Gasteiger partial charge < -0.3 is 33.3 Å². The van der Waals surface area contributed by atoms with Gasteiger partial charge >= 0.3 is 16.1 Å². The van der Waals surface area contributed by atoms with Gasteiger partial charge in [-0.15, -0.1) is 0 Å². The number of aryl methyl sites for hydroxylation is 1. The predicted molar refractivity (Wildman–Crippen MR) is 162 cm³/mol. The molecule has 1 aliphatic carbocycles. The summed E-state index contributed by atoms with van der Waals surface area (Å²) in [5, 5.41) is 24.1. The molecule has 0 fully saturated rings. The second kappa shape index (κ2) is 10.9. The highest BCUT2D eigenvalue weighted by molar-refractivity contribution is 7.86. The third-order valence-corrected chi connectivity index (χ3v) is 9.55. The number of ether oxygens (including phenoxy) is 4. The molecule has 3 atom stereocenters. The smallest absolute Gasteiger partial charge is 0.339 e. The number of benzene rings is 4. The second-order valence-corrected chi connectivity index (χ2v) is 12.3. The lowest BCUT2D eigenvalue weighted by Crippen LogP contribution is -2.50. The van der Waals surface area contributed by atoms with E-state index in [2.05, 4.69) is 0 Å². The van der Waals surface area contributed by atoms with E-state index < -0.39 is 44.5 Å². The van der Waals surface area contributed by atoms with Gasteiger partial charge in [-0.3, -0.25) is 0 Å². The molecule has 0 unspecified atom stereocenters. The molecule has 1 aliphatic heterocycles. The normalized spacial score (nSPS) is 21.8. The van der Waals surface area contributed by atoms with Crippen LogP contribution in [0.2, 0.25) is 0 Å². The van der Waals surface area contributed by atoms with Crippen LogP contribution in [0.3, 0.4) is 0 Å². The van der Waals surface area contributed by atoms with Crippen LogP contribution in [0.5, 0.6) is 23.0 Å². The molecular weight excluding hydrogens is 600 g/mol. The first kappa shape index (κ1) is 30.0. The van der Waals surface area contributed by atoms with Crippen molar-refractivity contribution in [1.29, 1.82) is 0 Å². The van der Waals surface area contributed by atoms with E-state index in [1.807, 2.05) is 0 Å². The fourth-order valence-electron chi connectivity index (χ4n) is 6.30. The summed E-state index contributed by atoms with van der Waals surface area (Å²) < 4.78 is 56.8. The van der Waals surface area contributed by atoms with Gasteiger partial charge in [-0.1, -0.05) is 60.2 Å². The number of carbonyl (C=O) groups is 1. The van der Waals surface area contributed by atoms with E-state index in [0.29, 0.717) is 22.6 Å². The Morgan fingerprint density at radius 1 is 0.844 bits per heavy atom. The predicted octanol–water partition coefficient (Wildman–Crippen LogP) is 5.04. The van der Waals surface area contributed by atoms with E-state index in [0.717, 1.165) is 5.56 Å². The second-order valence-electron chi connectivity index (χ2n) is 10.7. The van der Waals surface area contributed by atoms with Crippen molar-refractivity contribution in [3.63, 3.8) is 0 Å². The van der Waals surface area contributed by atoms with Crippen LogP contribution in [-0.4, -0.2) is 45.9 Å². The third kappa shape index (κ3) is 4.41. The van der Waals surface area contributed by atoms with Crippen molar-refractivity contribution in [2.45, 2.75) is 28.9 Å². The lowest BCUT2D eigenvalue weighted by atomic mass is 9.69. The Bertz CT molecular complexity index is 1920. The van der Waals surface area contributed by atoms with Crippen LogP contribution >= 0.6 is 0 Å². The standard InChI is InChI=1S/C34H30O10S/c1-20-10-16-25(17-11-20)45(38,39)44-31-28(32(35)36)29(21-8-6-5-7-9-21)34(22-12-14-23(40-2)15-13-22)33(31,37)30-26(42-4)18-24(41-3)19-27(30)43-34/h5-19,29,37H,1-4H3,(H,35,36)/t29-,33+,34+/m1/s1. The van der Waals surface area contributed by atoms with Crippen molar-refractivity contribution < 1.29 is 46.6 Å². The molecule has 0 radical (unpaired) electrons. The maximum Gasteiger partial charge on any atom is 0.339 e. The summed E-state index contributed by atoms with van der Waals surface area (Å²) in [7, 11) is -0.380. The molecule has 0 saturated heterocycles. The van der Waals surface area contributed by atoms with E-state index >= 15 is 0 Å². The van der Waals surface area contributed by atoms with Crippen LogP contribution in [0.1, 0.15) is 28.2 Å². The highest BCUT2D eigenvalue weighted by atomic mass is 32.2. The summed E-state index contributed by atoms with van der Waals surface area (Å²) in [6.45, 7) is 1.79. The molecule has 2 N–H and O–H groups in total. The van der Waals surface area contributed by atoms with Crippen molar-refractivity contribution in [2.24, 2.45) is 0 Å². The van der Waals surface area contributed by atoms with Crippen LogP contribution in [0, 0.1) is 6.92 Å². The summed E-state index contributed by atoms with van der Waals surface area (Å²) in [5.41, 5.74) is -3.53. The molecule has 232 valence electrons. The van der Waals surface area contributed by atoms with Crippen LogP contribution in [0.4, 0.5) is 0 Å². The number of carboxylic acid groups (broad SMARTS) is 1. The van der Waals surface area contributed by atoms with E-state index in [4.69, 9.17) is 23.1 Å². The zero-order valence-electron chi connectivity index (χ0n) is 24.8. The highest BCUT2D eigenvalue weighted by Crippen LogP contribution is 2.70. The molecule has 0 spiro atoms. The largest absolute Gasteiger partial charge is 0.497 e. The quantitative estimate of drug-likeness (QED) is 0.242. The van der Waals surface area contributed by atoms with Gasteiger partial charge in [0.2, 0.25) is 5.60 Å². The molecule has 0 bridgehead atoms. The van der Waals surface area contributed by atoms with Gasteiger partial charge in [0, 0.05) is 17.7 Å². The minimum atomic E-state index is -4.69. The average molecular weight is 631 g/mol. The SMILES string of the molecule is COc1ccc([C@@]23Oc4cc(OC)cc(OC)c4[C@]2(O)C(OS(=O)(=O)c2ccc(C)cc2)=C(C(=O)O)[C@H]3c2ccccc2)cc1. The van der Waals surface area contributed by atoms with Gasteiger partial charge in [-0.25, -0.2) is 4.79 Å². The summed E-state index contributed by atoms with van der Waals surface area (Å²) in [5.74, 6) is -2.55. The monoisotopic (exact) mass is 630 g/mol. The van der Waals surface area contributed by atoms with Crippen molar-refractivity contribution in [1.82, 2.24) is 0 Å². The number of carboxylic acids is 1. The summed E-state index contributed by atoms with van der Waals surface area (Å²) in [6.07, 6.45) is 0. The van der Waals surface area contributed by atoms with Gasteiger partial charge in [-0.2, -0.15) is 8.42 Å². The Labute approximate surface area is 260 Å². The molecule has 0 aromatic heterocycles. The van der Waals surface area contributed by atoms with Crippen molar-refractivity contribution in [3.8, 4) is 23.0 Å². The van der Waals surface area contributed by atoms with E-state index in [1.54, 1.807) is 73.7 Å². The van der Waals surface area contributed by atoms with Gasteiger partial charge in [0.15, 0.2) is 11.4 Å². The van der Waals surface area contributed by atoms with E-state index in [1.165, 1.54) is 45.6 Å². The molecule has 4 aromatic rings.